The van der Waals surface area contributed by atoms with Crippen molar-refractivity contribution in [1.29, 1.82) is 0 Å². The number of H-pyrrole nitrogens is 1. The fourth-order valence-corrected chi connectivity index (χ4v) is 7.89. The van der Waals surface area contributed by atoms with Crippen molar-refractivity contribution in [2.24, 2.45) is 5.73 Å². The summed E-state index contributed by atoms with van der Waals surface area (Å²) in [6, 6.07) is 14.2. The zero-order chi connectivity index (χ0) is 29.5. The summed E-state index contributed by atoms with van der Waals surface area (Å²) in [7, 11) is -5.91. The van der Waals surface area contributed by atoms with Crippen LogP contribution in [-0.4, -0.2) is 48.5 Å². The van der Waals surface area contributed by atoms with E-state index in [1.54, 1.807) is 56.4 Å². The second kappa shape index (κ2) is 10.9. The van der Waals surface area contributed by atoms with Crippen LogP contribution in [0, 0.1) is 0 Å². The van der Waals surface area contributed by atoms with E-state index in [-0.39, 0.29) is 17.2 Å². The van der Waals surface area contributed by atoms with Crippen LogP contribution in [0.3, 0.4) is 0 Å². The molecule has 1 aliphatic carbocycles. The van der Waals surface area contributed by atoms with Crippen LogP contribution in [0.4, 0.5) is 0 Å². The van der Waals surface area contributed by atoms with E-state index in [4.69, 9.17) is 10.2 Å². The number of nitrogens with one attached hydrogen (secondary N) is 1. The summed E-state index contributed by atoms with van der Waals surface area (Å²) < 4.78 is 32.4. The standard InChI is InChI=1S/C31H41N3O4SSi/c1-21(2)39(36,37)31(18-12-11-15-26(31)32)20-27-33-24-17-16-23(19-25(24)34-27)28(35)29(22-13-9-8-10-14-22)38-40(6,7)30(3,4)5/h8-19,21,26,29H,20,32H2,1-7H3,(H,33,34). The van der Waals surface area contributed by atoms with Crippen LogP contribution in [0.2, 0.25) is 18.1 Å². The predicted octanol–water partition coefficient (Wildman–Crippen LogP) is 6.07. The largest absolute Gasteiger partial charge is 0.403 e. The number of nitrogens with two attached hydrogens (primary N) is 1. The number of aromatic nitrogens is 2. The number of aromatic amines is 1. The van der Waals surface area contributed by atoms with Gasteiger partial charge >= 0.3 is 0 Å². The van der Waals surface area contributed by atoms with Crippen LogP contribution in [0.1, 0.15) is 62.5 Å². The summed E-state index contributed by atoms with van der Waals surface area (Å²) in [6.07, 6.45) is 6.25. The molecule has 214 valence electrons. The minimum Gasteiger partial charge on any atom is -0.403 e. The molecule has 0 bridgehead atoms. The third-order valence-corrected chi connectivity index (χ3v) is 15.6. The Morgan fingerprint density at radius 2 is 1.80 bits per heavy atom. The van der Waals surface area contributed by atoms with Crippen molar-refractivity contribution in [2.45, 2.75) is 81.3 Å². The summed E-state index contributed by atoms with van der Waals surface area (Å²) in [5.41, 5.74) is 9.01. The van der Waals surface area contributed by atoms with Crippen LogP contribution in [0.15, 0.2) is 72.8 Å². The lowest BCUT2D eigenvalue weighted by atomic mass is 9.91. The van der Waals surface area contributed by atoms with Crippen LogP contribution < -0.4 is 5.73 Å². The van der Waals surface area contributed by atoms with E-state index in [0.717, 1.165) is 5.56 Å². The van der Waals surface area contributed by atoms with E-state index in [1.807, 2.05) is 30.3 Å². The molecular weight excluding hydrogens is 539 g/mol. The summed E-state index contributed by atoms with van der Waals surface area (Å²) >= 11 is 0. The Morgan fingerprint density at radius 1 is 1.12 bits per heavy atom. The van der Waals surface area contributed by atoms with Crippen LogP contribution in [0.5, 0.6) is 0 Å². The minimum absolute atomic E-state index is 0.0710. The molecule has 3 atom stereocenters. The van der Waals surface area contributed by atoms with E-state index in [1.165, 1.54) is 0 Å². The third kappa shape index (κ3) is 5.52. The smallest absolute Gasteiger partial charge is 0.195 e. The first-order chi connectivity index (χ1) is 18.6. The average molecular weight is 580 g/mol. The molecule has 1 aromatic heterocycles. The molecular formula is C31H41N3O4SSi. The van der Waals surface area contributed by atoms with Gasteiger partial charge in [-0.2, -0.15) is 0 Å². The molecule has 0 aliphatic heterocycles. The maximum absolute atomic E-state index is 14.0. The topological polar surface area (TPSA) is 115 Å². The number of sulfone groups is 1. The summed E-state index contributed by atoms with van der Waals surface area (Å²) in [6.45, 7) is 14.1. The molecule has 2 aromatic carbocycles. The Balaban J connectivity index is 1.71. The van der Waals surface area contributed by atoms with Crippen molar-refractivity contribution in [3.05, 3.63) is 89.8 Å². The molecule has 0 amide bonds. The number of rotatable bonds is 9. The Morgan fingerprint density at radius 3 is 2.40 bits per heavy atom. The Hall–Kier alpha value is -2.85. The molecule has 4 rings (SSSR count). The van der Waals surface area contributed by atoms with Gasteiger partial charge in [0.15, 0.2) is 23.9 Å². The van der Waals surface area contributed by atoms with E-state index >= 15 is 0 Å². The monoisotopic (exact) mass is 579 g/mol. The van der Waals surface area contributed by atoms with Gasteiger partial charge in [-0.05, 0) is 55.7 Å². The third-order valence-electron chi connectivity index (χ3n) is 8.34. The second-order valence-electron chi connectivity index (χ2n) is 12.4. The maximum atomic E-state index is 14.0. The lowest BCUT2D eigenvalue weighted by Gasteiger charge is -2.39. The van der Waals surface area contributed by atoms with Gasteiger partial charge < -0.3 is 15.1 Å². The fraction of sp³-hybridized carbons (Fsp3) is 0.419. The van der Waals surface area contributed by atoms with Crippen molar-refractivity contribution in [3.8, 4) is 0 Å². The molecule has 3 unspecified atom stereocenters. The number of hydrogen-bond donors (Lipinski definition) is 2. The van der Waals surface area contributed by atoms with Gasteiger partial charge in [-0.15, -0.1) is 0 Å². The lowest BCUT2D eigenvalue weighted by molar-refractivity contribution is 0.0767. The molecule has 1 aliphatic rings. The lowest BCUT2D eigenvalue weighted by Crippen LogP contribution is -2.56. The predicted molar refractivity (Wildman–Crippen MR) is 165 cm³/mol. The summed E-state index contributed by atoms with van der Waals surface area (Å²) in [5, 5.41) is -0.683. The normalized spacial score (nSPS) is 20.8. The number of imidazole rings is 1. The Labute approximate surface area is 239 Å². The molecule has 40 heavy (non-hydrogen) atoms. The van der Waals surface area contributed by atoms with Crippen molar-refractivity contribution in [3.63, 3.8) is 0 Å². The minimum atomic E-state index is -3.63. The molecule has 0 saturated carbocycles. The Bertz CT molecular complexity index is 1550. The van der Waals surface area contributed by atoms with Gasteiger partial charge in [-0.3, -0.25) is 4.79 Å². The van der Waals surface area contributed by atoms with Crippen LogP contribution in [0.25, 0.3) is 11.0 Å². The number of allylic oxidation sites excluding steroid dienone is 2. The first-order valence-electron chi connectivity index (χ1n) is 13.7. The highest BCUT2D eigenvalue weighted by atomic mass is 32.2. The second-order valence-corrected chi connectivity index (χ2v) is 20.0. The summed E-state index contributed by atoms with van der Waals surface area (Å²) in [4.78, 5) is 21.9. The van der Waals surface area contributed by atoms with Gasteiger partial charge in [-0.25, -0.2) is 13.4 Å². The summed E-state index contributed by atoms with van der Waals surface area (Å²) in [5.74, 6) is 0.367. The van der Waals surface area contributed by atoms with E-state index < -0.39 is 40.3 Å². The number of hydrogen-bond acceptors (Lipinski definition) is 6. The van der Waals surface area contributed by atoms with Crippen LogP contribution >= 0.6 is 0 Å². The number of carbonyl (C=O) groups is 1. The number of fused-ring (bicyclic) bond motifs is 1. The maximum Gasteiger partial charge on any atom is 0.195 e. The van der Waals surface area contributed by atoms with Crippen LogP contribution in [-0.2, 0) is 20.7 Å². The molecule has 0 spiro atoms. The first-order valence-corrected chi connectivity index (χ1v) is 18.2. The molecule has 0 fully saturated rings. The molecule has 3 N–H and O–H groups in total. The molecule has 1 heterocycles. The van der Waals surface area contributed by atoms with Gasteiger partial charge in [0.1, 0.15) is 16.7 Å². The molecule has 0 saturated heterocycles. The van der Waals surface area contributed by atoms with Gasteiger partial charge in [0, 0.05) is 18.0 Å². The van der Waals surface area contributed by atoms with Gasteiger partial charge in [0.25, 0.3) is 0 Å². The molecule has 3 aromatic rings. The number of nitrogens with zero attached hydrogens (tertiary/aromatic N) is 1. The quantitative estimate of drug-likeness (QED) is 0.235. The van der Waals surface area contributed by atoms with Crippen molar-refractivity contribution in [2.75, 3.05) is 0 Å². The van der Waals surface area contributed by atoms with Crippen molar-refractivity contribution in [1.82, 2.24) is 9.97 Å². The molecule has 7 nitrogen and oxygen atoms in total. The Kier molecular flexibility index (Phi) is 8.17. The number of carbonyl (C=O) groups excluding carboxylic acids is 1. The number of Topliss-reactive ketones (excluding diaryl/α,β-unsaturated/α-hetero) is 1. The average Bonchev–Trinajstić information content (AvgIpc) is 3.29. The number of benzene rings is 2. The molecule has 9 heteroatoms. The van der Waals surface area contributed by atoms with Gasteiger partial charge in [0.2, 0.25) is 0 Å². The van der Waals surface area contributed by atoms with Gasteiger partial charge in [-0.1, -0.05) is 75.4 Å². The highest BCUT2D eigenvalue weighted by Crippen LogP contribution is 2.41. The molecule has 0 radical (unpaired) electrons. The number of ketones is 1. The zero-order valence-corrected chi connectivity index (χ0v) is 26.2. The highest BCUT2D eigenvalue weighted by Gasteiger charge is 2.49. The van der Waals surface area contributed by atoms with Crippen molar-refractivity contribution < 1.29 is 17.6 Å². The SMILES string of the molecule is CC(C)S(=O)(=O)C1(Cc2nc3ccc(C(=O)C(O[Si](C)(C)C(C)(C)C)c4ccccc4)cc3[nH]2)C=CC=CC1N. The zero-order valence-electron chi connectivity index (χ0n) is 24.4. The highest BCUT2D eigenvalue weighted by molar-refractivity contribution is 7.93. The van der Waals surface area contributed by atoms with E-state index in [9.17, 15) is 13.2 Å². The van der Waals surface area contributed by atoms with Crippen molar-refractivity contribution >= 4 is 35.0 Å². The van der Waals surface area contributed by atoms with E-state index in [0.29, 0.717) is 22.4 Å². The van der Waals surface area contributed by atoms with Gasteiger partial charge in [0.05, 0.1) is 16.3 Å². The van der Waals surface area contributed by atoms with E-state index in [2.05, 4.69) is 43.8 Å². The fourth-order valence-electron chi connectivity index (χ4n) is 4.76. The first kappa shape index (κ1) is 30.1.